The Bertz CT molecular complexity index is 670. The average Bonchev–Trinajstić information content (AvgIpc) is 2.73. The zero-order valence-electron chi connectivity index (χ0n) is 20.1. The molecule has 0 aliphatic heterocycles. The Morgan fingerprint density at radius 1 is 0.935 bits per heavy atom. The van der Waals surface area contributed by atoms with E-state index in [-0.39, 0.29) is 18.4 Å². The van der Waals surface area contributed by atoms with E-state index in [1.165, 1.54) is 0 Å². The molecule has 0 fully saturated rings. The largest absolute Gasteiger partial charge is 0.480 e. The van der Waals surface area contributed by atoms with Gasteiger partial charge in [0.2, 0.25) is 5.91 Å². The summed E-state index contributed by atoms with van der Waals surface area (Å²) in [7, 11) is 0. The van der Waals surface area contributed by atoms with E-state index in [1.54, 1.807) is 30.9 Å². The van der Waals surface area contributed by atoms with Crippen LogP contribution in [0.2, 0.25) is 0 Å². The minimum Gasteiger partial charge on any atom is -0.480 e. The molecule has 1 N–H and O–H groups in total. The fourth-order valence-electron chi connectivity index (χ4n) is 3.66. The van der Waals surface area contributed by atoms with Gasteiger partial charge in [0.25, 0.3) is 0 Å². The molecule has 1 amide bonds. The van der Waals surface area contributed by atoms with Crippen LogP contribution in [0.25, 0.3) is 0 Å². The Labute approximate surface area is 188 Å². The molecule has 176 valence electrons. The molecule has 31 heavy (non-hydrogen) atoms. The Morgan fingerprint density at radius 2 is 1.52 bits per heavy atom. The lowest BCUT2D eigenvalue weighted by Gasteiger charge is -2.22. The number of amides is 1. The smallest absolute Gasteiger partial charge is 0.324 e. The highest BCUT2D eigenvalue weighted by atomic mass is 16.5. The highest BCUT2D eigenvalue weighted by molar-refractivity contribution is 6.00. The molecule has 1 aromatic rings. The number of hydrogen-bond acceptors (Lipinski definition) is 4. The van der Waals surface area contributed by atoms with Crippen LogP contribution >= 0.6 is 0 Å². The maximum Gasteiger partial charge on any atom is 0.324 e. The van der Waals surface area contributed by atoms with Gasteiger partial charge in [-0.2, -0.15) is 0 Å². The van der Waals surface area contributed by atoms with Crippen LogP contribution in [0, 0.1) is 0 Å². The number of unbranched alkanes of at least 4 members (excludes halogenated alkanes) is 1. The minimum atomic E-state index is -1.24. The highest BCUT2D eigenvalue weighted by Crippen LogP contribution is 2.33. The SMILES string of the molecule is CCCCC(CCC)c1ccccc1C(C(=O)O)C(=O)OCC.CCN(CC)C(C)=O. The van der Waals surface area contributed by atoms with Crippen LogP contribution in [0.4, 0.5) is 0 Å². The average molecular weight is 436 g/mol. The lowest BCUT2D eigenvalue weighted by atomic mass is 9.82. The van der Waals surface area contributed by atoms with Gasteiger partial charge in [-0.3, -0.25) is 14.4 Å². The van der Waals surface area contributed by atoms with Gasteiger partial charge in [-0.25, -0.2) is 0 Å². The molecule has 0 aromatic heterocycles. The van der Waals surface area contributed by atoms with Crippen molar-refractivity contribution in [2.45, 2.75) is 85.5 Å². The molecular weight excluding hydrogens is 394 g/mol. The Morgan fingerprint density at radius 3 is 1.90 bits per heavy atom. The summed E-state index contributed by atoms with van der Waals surface area (Å²) >= 11 is 0. The van der Waals surface area contributed by atoms with Gasteiger partial charge >= 0.3 is 11.9 Å². The lowest BCUT2D eigenvalue weighted by Crippen LogP contribution is -2.27. The van der Waals surface area contributed by atoms with Crippen molar-refractivity contribution in [3.8, 4) is 0 Å². The van der Waals surface area contributed by atoms with Gasteiger partial charge in [-0.15, -0.1) is 0 Å². The molecule has 0 aliphatic rings. The molecule has 2 atom stereocenters. The van der Waals surface area contributed by atoms with E-state index in [0.717, 1.165) is 50.8 Å². The number of aliphatic carboxylic acids is 1. The first-order valence-corrected chi connectivity index (χ1v) is 11.5. The van der Waals surface area contributed by atoms with Crippen LogP contribution in [-0.4, -0.2) is 47.5 Å². The molecule has 0 saturated carbocycles. The molecule has 2 unspecified atom stereocenters. The van der Waals surface area contributed by atoms with Crippen LogP contribution in [0.3, 0.4) is 0 Å². The van der Waals surface area contributed by atoms with Gasteiger partial charge in [0, 0.05) is 20.0 Å². The second-order valence-electron chi connectivity index (χ2n) is 7.47. The first kappa shape index (κ1) is 28.6. The maximum atomic E-state index is 12.1. The number of ether oxygens (including phenoxy) is 1. The van der Waals surface area contributed by atoms with Crippen LogP contribution in [-0.2, 0) is 19.1 Å². The molecular formula is C25H41NO5. The minimum absolute atomic E-state index is 0.162. The first-order chi connectivity index (χ1) is 14.8. The molecule has 1 rings (SSSR count). The predicted octanol–water partition coefficient (Wildman–Crippen LogP) is 5.37. The predicted molar refractivity (Wildman–Crippen MR) is 124 cm³/mol. The molecule has 0 saturated heterocycles. The van der Waals surface area contributed by atoms with Gasteiger partial charge in [-0.05, 0) is 50.7 Å². The summed E-state index contributed by atoms with van der Waals surface area (Å²) in [6, 6.07) is 7.41. The van der Waals surface area contributed by atoms with Gasteiger partial charge < -0.3 is 14.7 Å². The first-order valence-electron chi connectivity index (χ1n) is 11.5. The number of carbonyl (C=O) groups is 3. The second-order valence-corrected chi connectivity index (χ2v) is 7.47. The third-order valence-electron chi connectivity index (χ3n) is 5.27. The van der Waals surface area contributed by atoms with Crippen molar-refractivity contribution in [3.05, 3.63) is 35.4 Å². The molecule has 1 aromatic carbocycles. The van der Waals surface area contributed by atoms with Crippen molar-refractivity contribution >= 4 is 17.8 Å². The molecule has 6 heteroatoms. The van der Waals surface area contributed by atoms with Gasteiger partial charge in [0.1, 0.15) is 0 Å². The molecule has 0 radical (unpaired) electrons. The number of esters is 1. The van der Waals surface area contributed by atoms with Crippen LogP contribution < -0.4 is 0 Å². The Kier molecular flexibility index (Phi) is 15.1. The number of carboxylic acids is 1. The maximum absolute atomic E-state index is 12.1. The summed E-state index contributed by atoms with van der Waals surface area (Å²) in [5, 5.41) is 9.54. The Hall–Kier alpha value is -2.37. The summed E-state index contributed by atoms with van der Waals surface area (Å²) in [4.78, 5) is 36.1. The van der Waals surface area contributed by atoms with E-state index >= 15 is 0 Å². The molecule has 0 bridgehead atoms. The van der Waals surface area contributed by atoms with E-state index < -0.39 is 17.9 Å². The summed E-state index contributed by atoms with van der Waals surface area (Å²) < 4.78 is 4.98. The van der Waals surface area contributed by atoms with Crippen LogP contribution in [0.15, 0.2) is 24.3 Å². The van der Waals surface area contributed by atoms with E-state index in [2.05, 4.69) is 13.8 Å². The summed E-state index contributed by atoms with van der Waals surface area (Å²) in [6.45, 7) is 13.3. The topological polar surface area (TPSA) is 83.9 Å². The monoisotopic (exact) mass is 435 g/mol. The molecule has 0 spiro atoms. The zero-order valence-corrected chi connectivity index (χ0v) is 20.1. The third-order valence-corrected chi connectivity index (χ3v) is 5.27. The Balaban J connectivity index is 0.000000954. The van der Waals surface area contributed by atoms with Gasteiger partial charge in [0.05, 0.1) is 6.61 Å². The number of rotatable bonds is 12. The van der Waals surface area contributed by atoms with Gasteiger partial charge in [0.15, 0.2) is 5.92 Å². The summed E-state index contributed by atoms with van der Waals surface area (Å²) in [5.41, 5.74) is 1.55. The van der Waals surface area contributed by atoms with E-state index in [1.807, 2.05) is 26.0 Å². The van der Waals surface area contributed by atoms with Crippen LogP contribution in [0.1, 0.15) is 96.6 Å². The van der Waals surface area contributed by atoms with Crippen molar-refractivity contribution < 1.29 is 24.2 Å². The van der Waals surface area contributed by atoms with E-state index in [4.69, 9.17) is 4.74 Å². The fourth-order valence-corrected chi connectivity index (χ4v) is 3.66. The fraction of sp³-hybridized carbons (Fsp3) is 0.640. The summed E-state index contributed by atoms with van der Waals surface area (Å²) in [5.74, 6) is -2.63. The normalized spacial score (nSPS) is 12.2. The quantitative estimate of drug-likeness (QED) is 0.353. The van der Waals surface area contributed by atoms with Crippen LogP contribution in [0.5, 0.6) is 0 Å². The standard InChI is InChI=1S/C19H28O4.C6H13NO/c1-4-7-11-14(10-5-2)15-12-8-9-13-16(15)17(18(20)21)19(22)23-6-3;1-4-7(5-2)6(3)8/h8-9,12-14,17H,4-7,10-11H2,1-3H3,(H,20,21);4-5H2,1-3H3. The molecule has 6 nitrogen and oxygen atoms in total. The second kappa shape index (κ2) is 16.3. The third kappa shape index (κ3) is 9.99. The number of benzene rings is 1. The van der Waals surface area contributed by atoms with Crippen molar-refractivity contribution in [2.75, 3.05) is 19.7 Å². The van der Waals surface area contributed by atoms with Crippen molar-refractivity contribution in [3.63, 3.8) is 0 Å². The van der Waals surface area contributed by atoms with E-state index in [0.29, 0.717) is 5.56 Å². The lowest BCUT2D eigenvalue weighted by molar-refractivity contribution is -0.153. The zero-order chi connectivity index (χ0) is 23.8. The highest BCUT2D eigenvalue weighted by Gasteiger charge is 2.32. The number of hydrogen-bond donors (Lipinski definition) is 1. The molecule has 0 aliphatic carbocycles. The van der Waals surface area contributed by atoms with Gasteiger partial charge in [-0.1, -0.05) is 57.4 Å². The van der Waals surface area contributed by atoms with E-state index in [9.17, 15) is 19.5 Å². The van der Waals surface area contributed by atoms with Crippen molar-refractivity contribution in [2.24, 2.45) is 0 Å². The number of carboxylic acid groups (broad SMARTS) is 1. The number of nitrogens with zero attached hydrogens (tertiary/aromatic N) is 1. The van der Waals surface area contributed by atoms with Crippen molar-refractivity contribution in [1.29, 1.82) is 0 Å². The van der Waals surface area contributed by atoms with Crippen molar-refractivity contribution in [1.82, 2.24) is 4.90 Å². The summed E-state index contributed by atoms with van der Waals surface area (Å²) in [6.07, 6.45) is 5.22. The molecule has 0 heterocycles. The number of carbonyl (C=O) groups excluding carboxylic acids is 2.